The van der Waals surface area contributed by atoms with E-state index >= 15 is 0 Å². The van der Waals surface area contributed by atoms with Gasteiger partial charge >= 0.3 is 6.18 Å². The zero-order chi connectivity index (χ0) is 14.8. The van der Waals surface area contributed by atoms with Gasteiger partial charge in [-0.2, -0.15) is 13.2 Å². The molecule has 19 heavy (non-hydrogen) atoms. The molecule has 102 valence electrons. The number of alkyl halides is 3. The van der Waals surface area contributed by atoms with Crippen molar-refractivity contribution >= 4 is 23.2 Å². The van der Waals surface area contributed by atoms with Crippen molar-refractivity contribution in [1.29, 1.82) is 5.41 Å². The number of allylic oxidation sites excluding steroid dienone is 1. The zero-order valence-corrected chi connectivity index (χ0v) is 10.9. The van der Waals surface area contributed by atoms with Gasteiger partial charge in [0.1, 0.15) is 5.76 Å². The van der Waals surface area contributed by atoms with Gasteiger partial charge in [-0.1, -0.05) is 18.7 Å². The van der Waals surface area contributed by atoms with E-state index in [0.29, 0.717) is 5.56 Å². The first-order valence-electron chi connectivity index (χ1n) is 5.19. The van der Waals surface area contributed by atoms with Gasteiger partial charge in [0.05, 0.1) is 10.5 Å². The molecule has 0 aliphatic carbocycles. The monoisotopic (exact) mass is 287 g/mol. The topological polar surface area (TPSA) is 44.1 Å². The van der Waals surface area contributed by atoms with Gasteiger partial charge in [-0.15, -0.1) is 12.6 Å². The van der Waals surface area contributed by atoms with Crippen molar-refractivity contribution < 1.29 is 18.3 Å². The lowest BCUT2D eigenvalue weighted by Gasteiger charge is -2.10. The summed E-state index contributed by atoms with van der Waals surface area (Å²) in [5.74, 6) is -0.324. The lowest BCUT2D eigenvalue weighted by atomic mass is 10.1. The van der Waals surface area contributed by atoms with Crippen LogP contribution in [0.25, 0.3) is 4.91 Å². The number of aliphatic hydroxyl groups is 1. The largest absolute Gasteiger partial charge is 0.506 e. The minimum atomic E-state index is -4.41. The van der Waals surface area contributed by atoms with Gasteiger partial charge in [0.25, 0.3) is 0 Å². The highest BCUT2D eigenvalue weighted by atomic mass is 32.1. The van der Waals surface area contributed by atoms with E-state index in [9.17, 15) is 18.3 Å². The molecule has 0 unspecified atom stereocenters. The second-order valence-corrected chi connectivity index (χ2v) is 4.32. The first kappa shape index (κ1) is 15.4. The smallest absolute Gasteiger partial charge is 0.416 e. The van der Waals surface area contributed by atoms with Crippen LogP contribution >= 0.6 is 12.6 Å². The van der Waals surface area contributed by atoms with Crippen LogP contribution in [0.3, 0.4) is 0 Å². The molecule has 2 nitrogen and oxygen atoms in total. The maximum Gasteiger partial charge on any atom is 0.416 e. The van der Waals surface area contributed by atoms with E-state index in [1.807, 2.05) is 0 Å². The highest BCUT2D eigenvalue weighted by Gasteiger charge is 2.30. The molecule has 1 aromatic rings. The Morgan fingerprint density at radius 2 is 1.74 bits per heavy atom. The minimum absolute atomic E-state index is 0.0518. The van der Waals surface area contributed by atoms with E-state index < -0.39 is 11.7 Å². The van der Waals surface area contributed by atoms with Crippen LogP contribution in [-0.4, -0.2) is 10.8 Å². The number of rotatable bonds is 3. The number of thiol groups is 1. The van der Waals surface area contributed by atoms with Crippen LogP contribution in [0.4, 0.5) is 13.2 Å². The second kappa shape index (κ2) is 5.52. The van der Waals surface area contributed by atoms with Gasteiger partial charge in [0.15, 0.2) is 0 Å². The number of hydrogen-bond acceptors (Lipinski definition) is 3. The van der Waals surface area contributed by atoms with E-state index in [1.165, 1.54) is 19.1 Å². The fraction of sp³-hybridized carbons (Fsp3) is 0.154. The first-order valence-corrected chi connectivity index (χ1v) is 5.64. The van der Waals surface area contributed by atoms with E-state index in [-0.39, 0.29) is 21.9 Å². The number of hydrogen-bond donors (Lipinski definition) is 3. The Bertz CT molecular complexity index is 544. The Hall–Kier alpha value is -1.69. The summed E-state index contributed by atoms with van der Waals surface area (Å²) in [7, 11) is 0. The Morgan fingerprint density at radius 3 is 2.11 bits per heavy atom. The Morgan fingerprint density at radius 1 is 1.26 bits per heavy atom. The molecule has 0 heterocycles. The Balaban J connectivity index is 3.14. The van der Waals surface area contributed by atoms with Gasteiger partial charge < -0.3 is 10.5 Å². The second-order valence-electron chi connectivity index (χ2n) is 3.88. The van der Waals surface area contributed by atoms with Crippen LogP contribution in [0.2, 0.25) is 0 Å². The summed E-state index contributed by atoms with van der Waals surface area (Å²) in [5.41, 5.74) is -0.337. The molecule has 0 bridgehead atoms. The van der Waals surface area contributed by atoms with Gasteiger partial charge in [-0.25, -0.2) is 0 Å². The zero-order valence-electron chi connectivity index (χ0n) is 10.0. The fourth-order valence-corrected chi connectivity index (χ4v) is 1.56. The van der Waals surface area contributed by atoms with Crippen LogP contribution in [0.5, 0.6) is 0 Å². The molecule has 0 atom stereocenters. The Labute approximate surface area is 114 Å². The first-order chi connectivity index (χ1) is 8.64. The van der Waals surface area contributed by atoms with Gasteiger partial charge in [0, 0.05) is 11.3 Å². The summed E-state index contributed by atoms with van der Waals surface area (Å²) < 4.78 is 37.2. The van der Waals surface area contributed by atoms with Crippen molar-refractivity contribution in [2.24, 2.45) is 0 Å². The predicted octanol–water partition coefficient (Wildman–Crippen LogP) is 4.46. The maximum atomic E-state index is 12.4. The number of halogens is 3. The number of benzene rings is 1. The molecular formula is C13H12F3NOS. The van der Waals surface area contributed by atoms with Crippen molar-refractivity contribution in [1.82, 2.24) is 0 Å². The van der Waals surface area contributed by atoms with Crippen LogP contribution in [-0.2, 0) is 6.18 Å². The average molecular weight is 287 g/mol. The summed E-state index contributed by atoms with van der Waals surface area (Å²) in [5, 5.41) is 17.1. The number of aliphatic hydroxyl groups excluding tert-OH is 1. The third kappa shape index (κ3) is 3.64. The molecule has 1 aromatic carbocycles. The molecule has 0 saturated heterocycles. The van der Waals surface area contributed by atoms with Crippen molar-refractivity contribution in [3.63, 3.8) is 0 Å². The Kier molecular flexibility index (Phi) is 4.47. The van der Waals surface area contributed by atoms with Crippen molar-refractivity contribution in [2.45, 2.75) is 13.1 Å². The van der Waals surface area contributed by atoms with E-state index in [4.69, 9.17) is 5.41 Å². The third-order valence-electron chi connectivity index (χ3n) is 2.45. The quantitative estimate of drug-likeness (QED) is 0.327. The van der Waals surface area contributed by atoms with E-state index in [2.05, 4.69) is 19.2 Å². The molecule has 0 aromatic heterocycles. The molecule has 0 fully saturated rings. The summed E-state index contributed by atoms with van der Waals surface area (Å²) in [6.07, 6.45) is -4.41. The van der Waals surface area contributed by atoms with Gasteiger partial charge in [-0.05, 0) is 24.6 Å². The van der Waals surface area contributed by atoms with Crippen molar-refractivity contribution in [3.05, 3.63) is 53.3 Å². The van der Waals surface area contributed by atoms with Crippen LogP contribution in [0.1, 0.15) is 18.1 Å². The highest BCUT2D eigenvalue weighted by molar-refractivity contribution is 7.90. The minimum Gasteiger partial charge on any atom is -0.506 e. The normalized spacial score (nSPS) is 12.9. The standard InChI is InChI=1S/C13H12F3NOS/c1-7(8(2)17)11(18)12(19)9-3-5-10(6-4-9)13(14,15)16/h3-6,17-19H,1H2,2H3/b12-11+,17-8?. The molecule has 2 N–H and O–H groups in total. The molecular weight excluding hydrogens is 275 g/mol. The maximum absolute atomic E-state index is 12.4. The average Bonchev–Trinajstić information content (AvgIpc) is 2.35. The van der Waals surface area contributed by atoms with Crippen LogP contribution in [0, 0.1) is 5.41 Å². The number of nitrogens with one attached hydrogen (secondary N) is 1. The molecule has 0 saturated carbocycles. The highest BCUT2D eigenvalue weighted by Crippen LogP contribution is 2.31. The van der Waals surface area contributed by atoms with Gasteiger partial charge in [0.2, 0.25) is 0 Å². The molecule has 0 radical (unpaired) electrons. The summed E-state index contributed by atoms with van der Waals surface area (Å²) in [6, 6.07) is 4.21. The SMILES string of the molecule is C=C(C(C)=N)/C(O)=C(\S)c1ccc(C(F)(F)F)cc1. The lowest BCUT2D eigenvalue weighted by Crippen LogP contribution is -2.04. The van der Waals surface area contributed by atoms with Crippen LogP contribution < -0.4 is 0 Å². The summed E-state index contributed by atoms with van der Waals surface area (Å²) in [6.45, 7) is 4.93. The molecule has 0 amide bonds. The van der Waals surface area contributed by atoms with Gasteiger partial charge in [-0.3, -0.25) is 0 Å². The molecule has 0 aliphatic heterocycles. The van der Waals surface area contributed by atoms with Crippen molar-refractivity contribution in [2.75, 3.05) is 0 Å². The summed E-state index contributed by atoms with van der Waals surface area (Å²) in [4.78, 5) is 0.0744. The van der Waals surface area contributed by atoms with E-state index in [0.717, 1.165) is 12.1 Å². The fourth-order valence-electron chi connectivity index (χ4n) is 1.27. The molecule has 1 rings (SSSR count). The third-order valence-corrected chi connectivity index (χ3v) is 2.92. The van der Waals surface area contributed by atoms with E-state index in [1.54, 1.807) is 0 Å². The summed E-state index contributed by atoms with van der Waals surface area (Å²) >= 11 is 4.05. The van der Waals surface area contributed by atoms with Crippen molar-refractivity contribution in [3.8, 4) is 0 Å². The van der Waals surface area contributed by atoms with Crippen LogP contribution in [0.15, 0.2) is 42.2 Å². The predicted molar refractivity (Wildman–Crippen MR) is 72.5 cm³/mol. The molecule has 0 aliphatic rings. The lowest BCUT2D eigenvalue weighted by molar-refractivity contribution is -0.137. The molecule has 0 spiro atoms. The molecule has 6 heteroatoms.